The van der Waals surface area contributed by atoms with Crippen LogP contribution >= 0.6 is 0 Å². The summed E-state index contributed by atoms with van der Waals surface area (Å²) in [6, 6.07) is 0.507. The number of ether oxygens (including phenoxy) is 1. The molecule has 1 saturated carbocycles. The molecule has 0 spiro atoms. The summed E-state index contributed by atoms with van der Waals surface area (Å²) in [5.74, 6) is 0.759. The number of hydrogen-bond donors (Lipinski definition) is 0. The monoisotopic (exact) mass is 164 g/mol. The molecule has 1 fully saturated rings. The first-order valence-corrected chi connectivity index (χ1v) is 4.26. The summed E-state index contributed by atoms with van der Waals surface area (Å²) in [4.78, 5) is 8.09. The summed E-state index contributed by atoms with van der Waals surface area (Å²) in [5, 5.41) is 0. The van der Waals surface area contributed by atoms with E-state index in [1.807, 2.05) is 6.92 Å². The Morgan fingerprint density at radius 3 is 2.67 bits per heavy atom. The van der Waals surface area contributed by atoms with Crippen molar-refractivity contribution in [3.63, 3.8) is 0 Å². The van der Waals surface area contributed by atoms with E-state index in [0.717, 1.165) is 18.1 Å². The fourth-order valence-electron chi connectivity index (χ4n) is 0.932. The van der Waals surface area contributed by atoms with Crippen LogP contribution in [0.2, 0.25) is 0 Å². The molecule has 3 heteroatoms. The quantitative estimate of drug-likeness (QED) is 0.680. The summed E-state index contributed by atoms with van der Waals surface area (Å²) >= 11 is 0. The third-order valence-electron chi connectivity index (χ3n) is 1.90. The molecule has 0 atom stereocenters. The van der Waals surface area contributed by atoms with E-state index in [2.05, 4.69) is 9.97 Å². The van der Waals surface area contributed by atoms with E-state index in [0.29, 0.717) is 6.01 Å². The van der Waals surface area contributed by atoms with E-state index >= 15 is 0 Å². The van der Waals surface area contributed by atoms with Crippen molar-refractivity contribution in [2.75, 3.05) is 6.61 Å². The van der Waals surface area contributed by atoms with Crippen LogP contribution in [0.3, 0.4) is 0 Å². The van der Waals surface area contributed by atoms with Crippen LogP contribution in [0.4, 0.5) is 0 Å². The van der Waals surface area contributed by atoms with Gasteiger partial charge in [-0.15, -0.1) is 0 Å². The molecular formula is C9H12N2O. The molecule has 1 heterocycles. The first-order valence-electron chi connectivity index (χ1n) is 4.26. The maximum Gasteiger partial charge on any atom is 0.316 e. The Labute approximate surface area is 71.8 Å². The van der Waals surface area contributed by atoms with Crippen LogP contribution in [0.1, 0.15) is 18.4 Å². The molecule has 0 aromatic carbocycles. The van der Waals surface area contributed by atoms with Crippen molar-refractivity contribution < 1.29 is 4.74 Å². The number of aromatic nitrogens is 2. The molecule has 1 aliphatic rings. The average molecular weight is 164 g/mol. The van der Waals surface area contributed by atoms with Gasteiger partial charge in [0.15, 0.2) is 0 Å². The van der Waals surface area contributed by atoms with Crippen LogP contribution in [0.25, 0.3) is 0 Å². The molecule has 1 aromatic rings. The third-order valence-corrected chi connectivity index (χ3v) is 1.90. The van der Waals surface area contributed by atoms with E-state index in [4.69, 9.17) is 4.74 Å². The first kappa shape index (κ1) is 7.53. The Kier molecular flexibility index (Phi) is 1.94. The maximum atomic E-state index is 5.36. The minimum atomic E-state index is 0.507. The molecule has 12 heavy (non-hydrogen) atoms. The van der Waals surface area contributed by atoms with Crippen LogP contribution < -0.4 is 4.74 Å². The Bertz CT molecular complexity index is 254. The number of nitrogens with zero attached hydrogens (tertiary/aromatic N) is 2. The van der Waals surface area contributed by atoms with Gasteiger partial charge in [0.25, 0.3) is 0 Å². The fourth-order valence-corrected chi connectivity index (χ4v) is 0.932. The predicted octanol–water partition coefficient (Wildman–Crippen LogP) is 1.57. The lowest BCUT2D eigenvalue weighted by molar-refractivity contribution is 0.276. The molecule has 0 bridgehead atoms. The van der Waals surface area contributed by atoms with E-state index in [9.17, 15) is 0 Å². The van der Waals surface area contributed by atoms with Gasteiger partial charge in [-0.05, 0) is 31.2 Å². The molecule has 2 rings (SSSR count). The van der Waals surface area contributed by atoms with Gasteiger partial charge in [0.05, 0.1) is 6.61 Å². The molecule has 0 unspecified atom stereocenters. The van der Waals surface area contributed by atoms with Crippen molar-refractivity contribution in [1.82, 2.24) is 9.97 Å². The third kappa shape index (κ3) is 1.94. The van der Waals surface area contributed by atoms with Gasteiger partial charge in [-0.25, -0.2) is 9.97 Å². The molecule has 0 radical (unpaired) electrons. The minimum Gasteiger partial charge on any atom is -0.463 e. The lowest BCUT2D eigenvalue weighted by atomic mass is 10.4. The summed E-state index contributed by atoms with van der Waals surface area (Å²) < 4.78 is 5.36. The van der Waals surface area contributed by atoms with E-state index in [-0.39, 0.29) is 0 Å². The highest BCUT2D eigenvalue weighted by molar-refractivity contribution is 5.04. The van der Waals surface area contributed by atoms with Crippen molar-refractivity contribution >= 4 is 0 Å². The topological polar surface area (TPSA) is 35.0 Å². The Hall–Kier alpha value is -1.12. The maximum absolute atomic E-state index is 5.36. The number of aryl methyl sites for hydroxylation is 1. The normalized spacial score (nSPS) is 16.1. The summed E-state index contributed by atoms with van der Waals surface area (Å²) in [5.41, 5.74) is 1.06. The molecular weight excluding hydrogens is 152 g/mol. The molecule has 0 N–H and O–H groups in total. The molecule has 3 nitrogen and oxygen atoms in total. The van der Waals surface area contributed by atoms with Crippen molar-refractivity contribution in [3.05, 3.63) is 18.0 Å². The molecule has 1 aromatic heterocycles. The van der Waals surface area contributed by atoms with Gasteiger partial charge in [-0.2, -0.15) is 0 Å². The van der Waals surface area contributed by atoms with Crippen LogP contribution in [0, 0.1) is 12.8 Å². The van der Waals surface area contributed by atoms with Gasteiger partial charge in [0, 0.05) is 12.4 Å². The zero-order valence-electron chi connectivity index (χ0n) is 7.16. The Balaban J connectivity index is 1.89. The van der Waals surface area contributed by atoms with Crippen LogP contribution in [-0.2, 0) is 0 Å². The zero-order chi connectivity index (χ0) is 8.39. The standard InChI is InChI=1S/C9H12N2O/c1-7-4-10-9(11-5-7)12-6-8-2-3-8/h4-5,8H,2-3,6H2,1H3. The largest absolute Gasteiger partial charge is 0.463 e. The second-order valence-corrected chi connectivity index (χ2v) is 3.30. The van der Waals surface area contributed by atoms with Gasteiger partial charge in [-0.3, -0.25) is 0 Å². The second-order valence-electron chi connectivity index (χ2n) is 3.30. The lowest BCUT2D eigenvalue weighted by Crippen LogP contribution is -2.02. The molecule has 64 valence electrons. The van der Waals surface area contributed by atoms with Gasteiger partial charge >= 0.3 is 6.01 Å². The van der Waals surface area contributed by atoms with Gasteiger partial charge < -0.3 is 4.74 Å². The minimum absolute atomic E-state index is 0.507. The van der Waals surface area contributed by atoms with E-state index < -0.39 is 0 Å². The molecule has 0 saturated heterocycles. The van der Waals surface area contributed by atoms with Crippen molar-refractivity contribution in [3.8, 4) is 6.01 Å². The SMILES string of the molecule is Cc1cnc(OCC2CC2)nc1. The van der Waals surface area contributed by atoms with Crippen LogP contribution in [0.5, 0.6) is 6.01 Å². The second kappa shape index (κ2) is 3.09. The number of rotatable bonds is 3. The van der Waals surface area contributed by atoms with Crippen LogP contribution in [-0.4, -0.2) is 16.6 Å². The zero-order valence-corrected chi connectivity index (χ0v) is 7.16. The van der Waals surface area contributed by atoms with E-state index in [1.54, 1.807) is 12.4 Å². The summed E-state index contributed by atoms with van der Waals surface area (Å²) in [7, 11) is 0. The van der Waals surface area contributed by atoms with Gasteiger partial charge in [-0.1, -0.05) is 0 Å². The highest BCUT2D eigenvalue weighted by Crippen LogP contribution is 2.28. The van der Waals surface area contributed by atoms with Gasteiger partial charge in [0.1, 0.15) is 0 Å². The van der Waals surface area contributed by atoms with Crippen molar-refractivity contribution in [2.24, 2.45) is 5.92 Å². The van der Waals surface area contributed by atoms with Crippen molar-refractivity contribution in [2.45, 2.75) is 19.8 Å². The van der Waals surface area contributed by atoms with E-state index in [1.165, 1.54) is 12.8 Å². The highest BCUT2D eigenvalue weighted by Gasteiger charge is 2.22. The van der Waals surface area contributed by atoms with Gasteiger partial charge in [0.2, 0.25) is 0 Å². The summed E-state index contributed by atoms with van der Waals surface area (Å²) in [6.45, 7) is 2.74. The highest BCUT2D eigenvalue weighted by atomic mass is 16.5. The average Bonchev–Trinajstić information content (AvgIpc) is 2.87. The number of hydrogen-bond acceptors (Lipinski definition) is 3. The fraction of sp³-hybridized carbons (Fsp3) is 0.556. The Morgan fingerprint density at radius 1 is 1.42 bits per heavy atom. The van der Waals surface area contributed by atoms with Crippen LogP contribution in [0.15, 0.2) is 12.4 Å². The lowest BCUT2D eigenvalue weighted by Gasteiger charge is -2.01. The first-order chi connectivity index (χ1) is 5.84. The predicted molar refractivity (Wildman–Crippen MR) is 45.0 cm³/mol. The smallest absolute Gasteiger partial charge is 0.316 e. The molecule has 0 amide bonds. The summed E-state index contributed by atoms with van der Waals surface area (Å²) in [6.07, 6.45) is 6.14. The molecule has 1 aliphatic carbocycles. The molecule has 0 aliphatic heterocycles. The Morgan fingerprint density at radius 2 is 2.08 bits per heavy atom. The van der Waals surface area contributed by atoms with Crippen molar-refractivity contribution in [1.29, 1.82) is 0 Å².